The molecule has 0 amide bonds. The van der Waals surface area contributed by atoms with E-state index in [1.807, 2.05) is 13.0 Å². The minimum atomic E-state index is 0.828. The van der Waals surface area contributed by atoms with Crippen molar-refractivity contribution >= 4 is 6.29 Å². The van der Waals surface area contributed by atoms with Crippen LogP contribution >= 0.6 is 0 Å². The normalized spacial score (nSPS) is 18.8. The van der Waals surface area contributed by atoms with E-state index in [9.17, 15) is 4.79 Å². The number of aldehydes is 1. The molecule has 0 radical (unpaired) electrons. The summed E-state index contributed by atoms with van der Waals surface area (Å²) < 4.78 is 0. The highest BCUT2D eigenvalue weighted by atomic mass is 16.1. The highest BCUT2D eigenvalue weighted by Gasteiger charge is 1.98. The number of rotatable bonds is 3. The first-order chi connectivity index (χ1) is 6.33. The van der Waals surface area contributed by atoms with Crippen molar-refractivity contribution < 1.29 is 4.79 Å². The first kappa shape index (κ1) is 9.97. The first-order valence-corrected chi connectivity index (χ1v) is 4.82. The third-order valence-corrected chi connectivity index (χ3v) is 2.22. The summed E-state index contributed by atoms with van der Waals surface area (Å²) in [7, 11) is 0. The van der Waals surface area contributed by atoms with Gasteiger partial charge < -0.3 is 0 Å². The summed E-state index contributed by atoms with van der Waals surface area (Å²) in [5.74, 6) is 0. The molecule has 0 spiro atoms. The van der Waals surface area contributed by atoms with E-state index >= 15 is 0 Å². The maximum atomic E-state index is 10.1. The summed E-state index contributed by atoms with van der Waals surface area (Å²) in [4.78, 5) is 10.1. The molecule has 0 heterocycles. The van der Waals surface area contributed by atoms with Gasteiger partial charge in [-0.3, -0.25) is 4.79 Å². The Labute approximate surface area is 79.8 Å². The van der Waals surface area contributed by atoms with Gasteiger partial charge in [0.15, 0.2) is 0 Å². The zero-order valence-electron chi connectivity index (χ0n) is 8.12. The topological polar surface area (TPSA) is 17.1 Å². The number of allylic oxidation sites excluding steroid dienone is 6. The van der Waals surface area contributed by atoms with Crippen molar-refractivity contribution in [3.8, 4) is 0 Å². The average Bonchev–Trinajstić information content (AvgIpc) is 2.17. The second-order valence-corrected chi connectivity index (χ2v) is 3.40. The second kappa shape index (κ2) is 5.52. The smallest absolute Gasteiger partial charge is 0.143 e. The molecule has 0 fully saturated rings. The summed E-state index contributed by atoms with van der Waals surface area (Å²) in [6.45, 7) is 1.94. The van der Waals surface area contributed by atoms with Crippen LogP contribution in [0.15, 0.2) is 35.5 Å². The minimum absolute atomic E-state index is 0.828. The SMILES string of the molecule is CC(/C=C/C1=CCCCC1)=C\C=O. The molecule has 0 aliphatic heterocycles. The number of hydrogen-bond donors (Lipinski definition) is 0. The van der Waals surface area contributed by atoms with E-state index in [4.69, 9.17) is 0 Å². The lowest BCUT2D eigenvalue weighted by molar-refractivity contribution is -0.104. The van der Waals surface area contributed by atoms with Gasteiger partial charge in [0.05, 0.1) is 0 Å². The minimum Gasteiger partial charge on any atom is -0.299 e. The van der Waals surface area contributed by atoms with Crippen LogP contribution in [0.2, 0.25) is 0 Å². The van der Waals surface area contributed by atoms with Gasteiger partial charge in [0.2, 0.25) is 0 Å². The molecule has 1 rings (SSSR count). The molecule has 13 heavy (non-hydrogen) atoms. The summed E-state index contributed by atoms with van der Waals surface area (Å²) in [6.07, 6.45) is 13.8. The Kier molecular flexibility index (Phi) is 4.24. The Balaban J connectivity index is 2.51. The molecule has 70 valence electrons. The Bertz CT molecular complexity index is 256. The van der Waals surface area contributed by atoms with E-state index in [2.05, 4.69) is 12.2 Å². The molecule has 1 heteroatoms. The maximum absolute atomic E-state index is 10.1. The zero-order valence-corrected chi connectivity index (χ0v) is 8.12. The summed E-state index contributed by atoms with van der Waals surface area (Å²) >= 11 is 0. The van der Waals surface area contributed by atoms with Gasteiger partial charge in [-0.15, -0.1) is 0 Å². The fourth-order valence-electron chi connectivity index (χ4n) is 1.42. The molecule has 1 nitrogen and oxygen atoms in total. The molecule has 0 unspecified atom stereocenters. The van der Waals surface area contributed by atoms with E-state index < -0.39 is 0 Å². The van der Waals surface area contributed by atoms with Crippen LogP contribution in [0.1, 0.15) is 32.6 Å². The van der Waals surface area contributed by atoms with Gasteiger partial charge in [0.1, 0.15) is 6.29 Å². The van der Waals surface area contributed by atoms with Crippen LogP contribution in [0.25, 0.3) is 0 Å². The molecule has 0 aromatic rings. The van der Waals surface area contributed by atoms with E-state index in [0.29, 0.717) is 0 Å². The highest BCUT2D eigenvalue weighted by Crippen LogP contribution is 2.18. The van der Waals surface area contributed by atoms with E-state index in [0.717, 1.165) is 11.9 Å². The van der Waals surface area contributed by atoms with Gasteiger partial charge in [0, 0.05) is 0 Å². The Morgan fingerprint density at radius 1 is 1.46 bits per heavy atom. The summed E-state index contributed by atoms with van der Waals surface area (Å²) in [5.41, 5.74) is 2.42. The maximum Gasteiger partial charge on any atom is 0.143 e. The fourth-order valence-corrected chi connectivity index (χ4v) is 1.42. The molecule has 0 bridgehead atoms. The standard InChI is InChI=1S/C12H16O/c1-11(9-10-13)7-8-12-5-3-2-4-6-12/h5,7-10H,2-4,6H2,1H3/b8-7+,11-9+. The average molecular weight is 176 g/mol. The van der Waals surface area contributed by atoms with Gasteiger partial charge >= 0.3 is 0 Å². The van der Waals surface area contributed by atoms with E-state index in [-0.39, 0.29) is 0 Å². The van der Waals surface area contributed by atoms with Gasteiger partial charge in [0.25, 0.3) is 0 Å². The molecular weight excluding hydrogens is 160 g/mol. The highest BCUT2D eigenvalue weighted by molar-refractivity contribution is 5.67. The Morgan fingerprint density at radius 2 is 2.31 bits per heavy atom. The first-order valence-electron chi connectivity index (χ1n) is 4.82. The molecule has 1 aliphatic carbocycles. The van der Waals surface area contributed by atoms with E-state index in [1.54, 1.807) is 6.08 Å². The van der Waals surface area contributed by atoms with Crippen LogP contribution in [-0.4, -0.2) is 6.29 Å². The molecule has 0 saturated carbocycles. The second-order valence-electron chi connectivity index (χ2n) is 3.40. The van der Waals surface area contributed by atoms with Crippen molar-refractivity contribution in [1.29, 1.82) is 0 Å². The van der Waals surface area contributed by atoms with Crippen molar-refractivity contribution in [2.45, 2.75) is 32.6 Å². The van der Waals surface area contributed by atoms with Crippen molar-refractivity contribution in [3.63, 3.8) is 0 Å². The van der Waals surface area contributed by atoms with E-state index in [1.165, 1.54) is 31.3 Å². The fraction of sp³-hybridized carbons (Fsp3) is 0.417. The Hall–Kier alpha value is -1.11. The molecule has 0 saturated heterocycles. The lowest BCUT2D eigenvalue weighted by atomic mass is 9.99. The van der Waals surface area contributed by atoms with Gasteiger partial charge in [-0.25, -0.2) is 0 Å². The number of carbonyl (C=O) groups is 1. The lowest BCUT2D eigenvalue weighted by Crippen LogP contribution is -1.88. The predicted octanol–water partition coefficient (Wildman–Crippen LogP) is 3.19. The summed E-state index contributed by atoms with van der Waals surface area (Å²) in [6, 6.07) is 0. The predicted molar refractivity (Wildman–Crippen MR) is 55.5 cm³/mol. The van der Waals surface area contributed by atoms with Crippen LogP contribution in [0.3, 0.4) is 0 Å². The van der Waals surface area contributed by atoms with Gasteiger partial charge in [-0.2, -0.15) is 0 Å². The van der Waals surface area contributed by atoms with Crippen LogP contribution in [-0.2, 0) is 4.79 Å². The van der Waals surface area contributed by atoms with Gasteiger partial charge in [-0.05, 0) is 44.3 Å². The van der Waals surface area contributed by atoms with Crippen molar-refractivity contribution in [1.82, 2.24) is 0 Å². The van der Waals surface area contributed by atoms with Crippen LogP contribution in [0.5, 0.6) is 0 Å². The van der Waals surface area contributed by atoms with Crippen LogP contribution < -0.4 is 0 Å². The quantitative estimate of drug-likeness (QED) is 0.366. The number of carbonyl (C=O) groups excluding carboxylic acids is 1. The zero-order chi connectivity index (χ0) is 9.52. The monoisotopic (exact) mass is 176 g/mol. The van der Waals surface area contributed by atoms with Crippen molar-refractivity contribution in [3.05, 3.63) is 35.5 Å². The lowest BCUT2D eigenvalue weighted by Gasteiger charge is -2.07. The summed E-state index contributed by atoms with van der Waals surface area (Å²) in [5, 5.41) is 0. The molecule has 0 atom stereocenters. The molecule has 0 aromatic carbocycles. The number of hydrogen-bond acceptors (Lipinski definition) is 1. The molecule has 1 aliphatic rings. The van der Waals surface area contributed by atoms with Gasteiger partial charge in [-0.1, -0.05) is 23.8 Å². The molecule has 0 N–H and O–H groups in total. The molecular formula is C12H16O. The molecule has 0 aromatic heterocycles. The third kappa shape index (κ3) is 3.88. The van der Waals surface area contributed by atoms with Crippen LogP contribution in [0, 0.1) is 0 Å². The van der Waals surface area contributed by atoms with Crippen molar-refractivity contribution in [2.75, 3.05) is 0 Å². The van der Waals surface area contributed by atoms with Crippen molar-refractivity contribution in [2.24, 2.45) is 0 Å². The largest absolute Gasteiger partial charge is 0.299 e. The van der Waals surface area contributed by atoms with Crippen LogP contribution in [0.4, 0.5) is 0 Å². The third-order valence-electron chi connectivity index (χ3n) is 2.22. The Morgan fingerprint density at radius 3 is 2.92 bits per heavy atom.